The van der Waals surface area contributed by atoms with Crippen molar-refractivity contribution in [2.24, 2.45) is 0 Å². The van der Waals surface area contributed by atoms with Crippen molar-refractivity contribution in [3.05, 3.63) is 36.5 Å². The minimum Gasteiger partial charge on any atom is -0.466 e. The Balaban J connectivity index is 3.39. The number of esters is 1. The summed E-state index contributed by atoms with van der Waals surface area (Å²) in [6.45, 7) is 4.91. The zero-order valence-electron chi connectivity index (χ0n) is 52.0. The minimum atomic E-state index is -0.666. The van der Waals surface area contributed by atoms with E-state index in [2.05, 4.69) is 55.6 Å². The van der Waals surface area contributed by atoms with E-state index < -0.39 is 12.1 Å². The quantitative estimate of drug-likeness (QED) is 0.0320. The molecule has 0 aliphatic carbocycles. The van der Waals surface area contributed by atoms with Crippen LogP contribution in [0, 0.1) is 0 Å². The van der Waals surface area contributed by atoms with E-state index in [1.165, 1.54) is 295 Å². The fourth-order valence-electron chi connectivity index (χ4n) is 10.9. The molecule has 0 aliphatic heterocycles. The highest BCUT2D eigenvalue weighted by atomic mass is 16.5. The highest BCUT2D eigenvalue weighted by molar-refractivity contribution is 5.76. The van der Waals surface area contributed by atoms with Gasteiger partial charge in [0.05, 0.1) is 25.4 Å². The van der Waals surface area contributed by atoms with Gasteiger partial charge in [-0.15, -0.1) is 0 Å². The van der Waals surface area contributed by atoms with Crippen LogP contribution in [0.3, 0.4) is 0 Å². The number of rotatable bonds is 65. The number of carbonyl (C=O) groups is 2. The summed E-state index contributed by atoms with van der Waals surface area (Å²) in [5.41, 5.74) is 0. The molecule has 6 heteroatoms. The summed E-state index contributed by atoms with van der Waals surface area (Å²) >= 11 is 0. The fourth-order valence-corrected chi connectivity index (χ4v) is 10.9. The molecule has 2 unspecified atom stereocenters. The molecule has 0 aliphatic rings. The van der Waals surface area contributed by atoms with Crippen LogP contribution in [-0.2, 0) is 14.3 Å². The van der Waals surface area contributed by atoms with Gasteiger partial charge >= 0.3 is 5.97 Å². The number of amides is 1. The van der Waals surface area contributed by atoms with Crippen molar-refractivity contribution in [2.45, 2.75) is 392 Å². The van der Waals surface area contributed by atoms with Crippen molar-refractivity contribution >= 4 is 11.9 Å². The molecule has 0 heterocycles. The average molecular weight is 1080 g/mol. The predicted molar refractivity (Wildman–Crippen MR) is 338 cm³/mol. The third-order valence-corrected chi connectivity index (χ3v) is 16.1. The molecule has 0 rings (SSSR count). The van der Waals surface area contributed by atoms with Crippen LogP contribution in [-0.4, -0.2) is 47.4 Å². The molecule has 454 valence electrons. The fraction of sp³-hybridized carbons (Fsp3) is 0.887. The summed E-state index contributed by atoms with van der Waals surface area (Å²) < 4.78 is 5.47. The Morgan fingerprint density at radius 1 is 0.364 bits per heavy atom. The molecule has 77 heavy (non-hydrogen) atoms. The SMILES string of the molecule is CCC/C=C\C/C=C\CCCCCCCC(=O)OCCCCCCCCCCCCCC/C=C\CCCCCCCCCCCCCC(=O)NC(CO)C(O)CCCCCCCCCCCCCCCCCCCCCC. The molecule has 0 bridgehead atoms. The molecule has 1 amide bonds. The Morgan fingerprint density at radius 2 is 0.675 bits per heavy atom. The molecule has 0 aromatic heterocycles. The van der Waals surface area contributed by atoms with Crippen LogP contribution in [0.4, 0.5) is 0 Å². The van der Waals surface area contributed by atoms with Gasteiger partial charge in [0, 0.05) is 12.8 Å². The van der Waals surface area contributed by atoms with Gasteiger partial charge in [0.1, 0.15) is 0 Å². The lowest BCUT2D eigenvalue weighted by Crippen LogP contribution is -2.45. The second kappa shape index (κ2) is 66.6. The first-order valence-electron chi connectivity index (χ1n) is 34.7. The number of allylic oxidation sites excluding steroid dienone is 6. The number of aliphatic hydroxyl groups excluding tert-OH is 2. The van der Waals surface area contributed by atoms with Gasteiger partial charge in [-0.3, -0.25) is 9.59 Å². The average Bonchev–Trinajstić information content (AvgIpc) is 3.43. The molecular weight excluding hydrogens is 947 g/mol. The second-order valence-corrected chi connectivity index (χ2v) is 23.9. The van der Waals surface area contributed by atoms with Crippen LogP contribution in [0.25, 0.3) is 0 Å². The Hall–Kier alpha value is -1.92. The van der Waals surface area contributed by atoms with Crippen LogP contribution in [0.15, 0.2) is 36.5 Å². The number of hydrogen-bond acceptors (Lipinski definition) is 5. The van der Waals surface area contributed by atoms with Crippen molar-refractivity contribution in [2.75, 3.05) is 13.2 Å². The van der Waals surface area contributed by atoms with E-state index in [4.69, 9.17) is 4.74 Å². The third-order valence-electron chi connectivity index (χ3n) is 16.1. The molecule has 0 radical (unpaired) electrons. The van der Waals surface area contributed by atoms with Gasteiger partial charge in [-0.2, -0.15) is 0 Å². The number of hydrogen-bond donors (Lipinski definition) is 3. The van der Waals surface area contributed by atoms with Crippen LogP contribution >= 0.6 is 0 Å². The van der Waals surface area contributed by atoms with Gasteiger partial charge in [0.2, 0.25) is 5.91 Å². The highest BCUT2D eigenvalue weighted by Crippen LogP contribution is 2.19. The Morgan fingerprint density at radius 3 is 1.05 bits per heavy atom. The molecule has 3 N–H and O–H groups in total. The molecule has 0 saturated carbocycles. The van der Waals surface area contributed by atoms with Crippen molar-refractivity contribution < 1.29 is 24.5 Å². The van der Waals surface area contributed by atoms with E-state index in [0.29, 0.717) is 25.9 Å². The van der Waals surface area contributed by atoms with Crippen LogP contribution in [0.1, 0.15) is 380 Å². The van der Waals surface area contributed by atoms with Gasteiger partial charge in [-0.05, 0) is 77.0 Å². The summed E-state index contributed by atoms with van der Waals surface area (Å²) in [4.78, 5) is 24.6. The summed E-state index contributed by atoms with van der Waals surface area (Å²) in [6, 6.07) is -0.543. The van der Waals surface area contributed by atoms with Gasteiger partial charge in [0.15, 0.2) is 0 Å². The first-order valence-corrected chi connectivity index (χ1v) is 34.7. The first kappa shape index (κ1) is 75.1. The van der Waals surface area contributed by atoms with Crippen molar-refractivity contribution in [3.8, 4) is 0 Å². The van der Waals surface area contributed by atoms with E-state index >= 15 is 0 Å². The van der Waals surface area contributed by atoms with E-state index in [1.807, 2.05) is 0 Å². The highest BCUT2D eigenvalue weighted by Gasteiger charge is 2.20. The van der Waals surface area contributed by atoms with Gasteiger partial charge in [-0.25, -0.2) is 0 Å². The number of nitrogens with one attached hydrogen (secondary N) is 1. The zero-order valence-corrected chi connectivity index (χ0v) is 52.0. The zero-order chi connectivity index (χ0) is 55.7. The number of unbranched alkanes of at least 4 members (excludes halogenated alkanes) is 48. The summed E-state index contributed by atoms with van der Waals surface area (Å²) in [5.74, 6) is -0.0321. The molecule has 6 nitrogen and oxygen atoms in total. The maximum atomic E-state index is 12.5. The van der Waals surface area contributed by atoms with Gasteiger partial charge < -0.3 is 20.3 Å². The van der Waals surface area contributed by atoms with Crippen LogP contribution < -0.4 is 5.32 Å². The molecule has 0 fully saturated rings. The largest absolute Gasteiger partial charge is 0.466 e. The first-order chi connectivity index (χ1) is 38.0. The van der Waals surface area contributed by atoms with Crippen LogP contribution in [0.5, 0.6) is 0 Å². The summed E-state index contributed by atoms with van der Waals surface area (Å²) in [7, 11) is 0. The normalized spacial score (nSPS) is 12.7. The molecular formula is C71H135NO5. The maximum absolute atomic E-state index is 12.5. The Kier molecular flexibility index (Phi) is 64.9. The minimum absolute atomic E-state index is 0.0000815. The Labute approximate surface area is 481 Å². The summed E-state index contributed by atoms with van der Waals surface area (Å²) in [6.07, 6.45) is 84.7. The van der Waals surface area contributed by atoms with Crippen molar-refractivity contribution in [1.82, 2.24) is 5.32 Å². The molecule has 0 aromatic rings. The number of carbonyl (C=O) groups excluding carboxylic acids is 2. The van der Waals surface area contributed by atoms with E-state index in [1.54, 1.807) is 0 Å². The maximum Gasteiger partial charge on any atom is 0.305 e. The lowest BCUT2D eigenvalue weighted by atomic mass is 10.0. The molecule has 0 aromatic carbocycles. The topological polar surface area (TPSA) is 95.9 Å². The van der Waals surface area contributed by atoms with E-state index in [0.717, 1.165) is 51.4 Å². The standard InChI is InChI=1S/C71H135NO5/c1-3-5-7-9-11-13-15-17-18-19-20-30-33-36-40-43-47-51-55-59-63-69(74)68(67-73)72-70(75)64-60-56-52-48-44-41-37-34-31-28-26-24-22-21-23-25-27-29-32-35-38-42-46-50-54-58-62-66-77-71(76)65-61-57-53-49-45-39-16-14-12-10-8-6-4-2/h8,10,14,16,21-22,68-69,73-74H,3-7,9,11-13,15,17-20,23-67H2,1-2H3,(H,72,75)/b10-8-,16-14-,22-21-. The molecule has 2 atom stereocenters. The molecule has 0 spiro atoms. The number of aliphatic hydroxyl groups is 2. The summed E-state index contributed by atoms with van der Waals surface area (Å²) in [5, 5.41) is 23.4. The van der Waals surface area contributed by atoms with Crippen molar-refractivity contribution in [1.29, 1.82) is 0 Å². The third kappa shape index (κ3) is 63.1. The smallest absolute Gasteiger partial charge is 0.305 e. The number of ether oxygens (including phenoxy) is 1. The Bertz CT molecular complexity index is 1250. The van der Waals surface area contributed by atoms with Crippen LogP contribution in [0.2, 0.25) is 0 Å². The van der Waals surface area contributed by atoms with Gasteiger partial charge in [-0.1, -0.05) is 326 Å². The predicted octanol–water partition coefficient (Wildman–Crippen LogP) is 22.3. The van der Waals surface area contributed by atoms with E-state index in [-0.39, 0.29) is 18.5 Å². The second-order valence-electron chi connectivity index (χ2n) is 23.9. The lowest BCUT2D eigenvalue weighted by Gasteiger charge is -2.22. The lowest BCUT2D eigenvalue weighted by molar-refractivity contribution is -0.143. The van der Waals surface area contributed by atoms with Gasteiger partial charge in [0.25, 0.3) is 0 Å². The van der Waals surface area contributed by atoms with Crippen molar-refractivity contribution in [3.63, 3.8) is 0 Å². The van der Waals surface area contributed by atoms with E-state index in [9.17, 15) is 19.8 Å². The monoisotopic (exact) mass is 1080 g/mol. The molecule has 0 saturated heterocycles.